The van der Waals surface area contributed by atoms with E-state index in [4.69, 9.17) is 19.3 Å². The minimum atomic E-state index is -2.35. The average molecular weight is 563 g/mol. The van der Waals surface area contributed by atoms with E-state index in [-0.39, 0.29) is 0 Å². The van der Waals surface area contributed by atoms with Gasteiger partial charge in [-0.3, -0.25) is 8.86 Å². The standard InChI is InChI=1S/C24H23BrN2O7S/c1-32-16-8-10-17(11-9-16)34-24-20(25)12-15(13-26-24)27(35(30)31)21-6-2-5-19-18(21)4-3-7-22(19)33-14-23(28)29/h3-4,7-13,21H,2,5-6,14H2,1H3,(H,28,29)(H,30,31). The number of fused-ring (bicyclic) bond motifs is 1. The first-order chi connectivity index (χ1) is 16.9. The molecule has 0 radical (unpaired) electrons. The molecule has 2 unspecified atom stereocenters. The summed E-state index contributed by atoms with van der Waals surface area (Å²) in [6.45, 7) is -0.455. The monoisotopic (exact) mass is 562 g/mol. The topological polar surface area (TPSA) is 118 Å². The number of nitrogens with zero attached hydrogens (tertiary/aromatic N) is 2. The summed E-state index contributed by atoms with van der Waals surface area (Å²) in [5.41, 5.74) is 2.08. The average Bonchev–Trinajstić information content (AvgIpc) is 2.85. The molecule has 2 atom stereocenters. The molecule has 184 valence electrons. The molecule has 2 aromatic carbocycles. The Morgan fingerprint density at radius 1 is 1.23 bits per heavy atom. The highest BCUT2D eigenvalue weighted by Gasteiger charge is 2.32. The molecule has 0 aliphatic heterocycles. The fourth-order valence-corrected chi connectivity index (χ4v) is 5.19. The fourth-order valence-electron chi connectivity index (χ4n) is 4.05. The van der Waals surface area contributed by atoms with Gasteiger partial charge in [0.15, 0.2) is 6.61 Å². The zero-order valence-electron chi connectivity index (χ0n) is 18.7. The van der Waals surface area contributed by atoms with E-state index in [1.54, 1.807) is 49.6 Å². The van der Waals surface area contributed by atoms with E-state index >= 15 is 0 Å². The number of methoxy groups -OCH3 is 1. The summed E-state index contributed by atoms with van der Waals surface area (Å²) in [5.74, 6) is 0.965. The van der Waals surface area contributed by atoms with Crippen molar-refractivity contribution >= 4 is 38.9 Å². The van der Waals surface area contributed by atoms with Crippen LogP contribution in [0.4, 0.5) is 5.69 Å². The van der Waals surface area contributed by atoms with Crippen LogP contribution in [0.15, 0.2) is 59.2 Å². The molecule has 0 bridgehead atoms. The predicted octanol–water partition coefficient (Wildman–Crippen LogP) is 5.13. The number of halogens is 1. The third-order valence-corrected chi connectivity index (χ3v) is 6.93. The molecule has 1 heterocycles. The molecule has 1 aromatic heterocycles. The Bertz CT molecular complexity index is 1240. The summed E-state index contributed by atoms with van der Waals surface area (Å²) in [6.07, 6.45) is 3.54. The predicted molar refractivity (Wildman–Crippen MR) is 134 cm³/mol. The molecule has 9 nitrogen and oxygen atoms in total. The zero-order valence-corrected chi connectivity index (χ0v) is 21.1. The van der Waals surface area contributed by atoms with Gasteiger partial charge in [-0.25, -0.2) is 14.0 Å². The largest absolute Gasteiger partial charge is 0.497 e. The van der Waals surface area contributed by atoms with Gasteiger partial charge in [-0.05, 0) is 82.7 Å². The maximum atomic E-state index is 12.5. The lowest BCUT2D eigenvalue weighted by Crippen LogP contribution is -2.33. The highest BCUT2D eigenvalue weighted by molar-refractivity contribution is 9.10. The number of carbonyl (C=O) groups is 1. The highest BCUT2D eigenvalue weighted by Crippen LogP contribution is 2.42. The van der Waals surface area contributed by atoms with Gasteiger partial charge in [0, 0.05) is 0 Å². The number of benzene rings is 2. The number of rotatable bonds is 9. The van der Waals surface area contributed by atoms with Crippen LogP contribution >= 0.6 is 15.9 Å². The van der Waals surface area contributed by atoms with Crippen LogP contribution < -0.4 is 18.5 Å². The van der Waals surface area contributed by atoms with Crippen molar-refractivity contribution < 1.29 is 32.9 Å². The van der Waals surface area contributed by atoms with Gasteiger partial charge in [0.05, 0.1) is 29.5 Å². The van der Waals surface area contributed by atoms with Gasteiger partial charge < -0.3 is 19.3 Å². The first kappa shape index (κ1) is 25.0. The fraction of sp³-hybridized carbons (Fsp3) is 0.250. The van der Waals surface area contributed by atoms with Crippen molar-refractivity contribution in [3.63, 3.8) is 0 Å². The Labute approximate surface area is 213 Å². The maximum Gasteiger partial charge on any atom is 0.341 e. The second-order valence-corrected chi connectivity index (χ2v) is 9.44. The van der Waals surface area contributed by atoms with E-state index < -0.39 is 29.9 Å². The molecule has 35 heavy (non-hydrogen) atoms. The van der Waals surface area contributed by atoms with Crippen molar-refractivity contribution in [1.82, 2.24) is 4.98 Å². The van der Waals surface area contributed by atoms with Gasteiger partial charge in [0.25, 0.3) is 11.3 Å². The van der Waals surface area contributed by atoms with Crippen LogP contribution in [0, 0.1) is 0 Å². The number of hydrogen-bond donors (Lipinski definition) is 2. The first-order valence-electron chi connectivity index (χ1n) is 10.7. The molecule has 1 aliphatic carbocycles. The van der Waals surface area contributed by atoms with Crippen LogP contribution in [0.25, 0.3) is 0 Å². The number of aliphatic carboxylic acids is 1. The lowest BCUT2D eigenvalue weighted by atomic mass is 9.87. The third kappa shape index (κ3) is 5.75. The van der Waals surface area contributed by atoms with Crippen LogP contribution in [0.5, 0.6) is 23.1 Å². The van der Waals surface area contributed by atoms with Crippen molar-refractivity contribution in [3.05, 3.63) is 70.3 Å². The van der Waals surface area contributed by atoms with Gasteiger partial charge >= 0.3 is 5.97 Å². The third-order valence-electron chi connectivity index (χ3n) is 5.56. The number of ether oxygens (including phenoxy) is 3. The van der Waals surface area contributed by atoms with E-state index in [2.05, 4.69) is 20.9 Å². The minimum absolute atomic E-state index is 0.302. The minimum Gasteiger partial charge on any atom is -0.497 e. The van der Waals surface area contributed by atoms with Crippen molar-refractivity contribution in [2.75, 3.05) is 18.0 Å². The highest BCUT2D eigenvalue weighted by atomic mass is 79.9. The summed E-state index contributed by atoms with van der Waals surface area (Å²) < 4.78 is 41.1. The van der Waals surface area contributed by atoms with Crippen LogP contribution in [0.3, 0.4) is 0 Å². The van der Waals surface area contributed by atoms with Gasteiger partial charge in [-0.1, -0.05) is 12.1 Å². The number of anilines is 1. The SMILES string of the molecule is COc1ccc(Oc2ncc(N(C3CCCc4c(OCC(=O)O)cccc43)S(=O)O)cc2Br)cc1. The molecule has 0 amide bonds. The second kappa shape index (κ2) is 11.1. The van der Waals surface area contributed by atoms with Crippen LogP contribution in [0.1, 0.15) is 30.0 Å². The maximum absolute atomic E-state index is 12.5. The molecule has 2 N–H and O–H groups in total. The van der Waals surface area contributed by atoms with E-state index in [0.717, 1.165) is 17.5 Å². The van der Waals surface area contributed by atoms with Crippen molar-refractivity contribution in [2.45, 2.75) is 25.3 Å². The van der Waals surface area contributed by atoms with E-state index in [1.165, 1.54) is 10.5 Å². The van der Waals surface area contributed by atoms with Crippen molar-refractivity contribution in [2.24, 2.45) is 0 Å². The normalized spacial score (nSPS) is 15.6. The quantitative estimate of drug-likeness (QED) is 0.344. The molecule has 11 heteroatoms. The number of aromatic nitrogens is 1. The molecule has 1 aliphatic rings. The Kier molecular flexibility index (Phi) is 7.89. The van der Waals surface area contributed by atoms with Gasteiger partial charge in [0.1, 0.15) is 17.2 Å². The number of pyridine rings is 1. The smallest absolute Gasteiger partial charge is 0.341 e. The number of carboxylic acids is 1. The molecule has 0 saturated heterocycles. The lowest BCUT2D eigenvalue weighted by molar-refractivity contribution is -0.139. The van der Waals surface area contributed by atoms with Crippen LogP contribution in [-0.2, 0) is 22.5 Å². The Balaban J connectivity index is 1.62. The molecule has 0 spiro atoms. The van der Waals surface area contributed by atoms with Gasteiger partial charge in [-0.2, -0.15) is 0 Å². The van der Waals surface area contributed by atoms with Crippen molar-refractivity contribution in [3.8, 4) is 23.1 Å². The Hall–Kier alpha value is -3.15. The molecule has 0 fully saturated rings. The van der Waals surface area contributed by atoms with E-state index in [1.807, 2.05) is 6.07 Å². The zero-order chi connectivity index (χ0) is 24.9. The summed E-state index contributed by atoms with van der Waals surface area (Å²) in [7, 11) is 1.58. The summed E-state index contributed by atoms with van der Waals surface area (Å²) in [4.78, 5) is 15.3. The number of carboxylic acid groups (broad SMARTS) is 1. The molecule has 4 rings (SSSR count). The molecule has 0 saturated carbocycles. The molecular weight excluding hydrogens is 540 g/mol. The van der Waals surface area contributed by atoms with Crippen LogP contribution in [-0.4, -0.2) is 38.5 Å². The summed E-state index contributed by atoms with van der Waals surface area (Å²) in [6, 6.07) is 13.6. The molecular formula is C24H23BrN2O7S. The Morgan fingerprint density at radius 2 is 1.97 bits per heavy atom. The first-order valence-corrected chi connectivity index (χ1v) is 12.6. The van der Waals surface area contributed by atoms with Gasteiger partial charge in [-0.15, -0.1) is 0 Å². The van der Waals surface area contributed by atoms with Crippen LogP contribution in [0.2, 0.25) is 0 Å². The summed E-state index contributed by atoms with van der Waals surface area (Å²) in [5, 5.41) is 8.97. The Morgan fingerprint density at radius 3 is 2.63 bits per heavy atom. The second-order valence-electron chi connectivity index (χ2n) is 7.73. The lowest BCUT2D eigenvalue weighted by Gasteiger charge is -2.35. The number of hydrogen-bond acceptors (Lipinski definition) is 6. The molecule has 3 aromatic rings. The van der Waals surface area contributed by atoms with E-state index in [0.29, 0.717) is 46.1 Å². The van der Waals surface area contributed by atoms with Gasteiger partial charge in [0.2, 0.25) is 5.88 Å². The summed E-state index contributed by atoms with van der Waals surface area (Å²) >= 11 is 1.11. The van der Waals surface area contributed by atoms with E-state index in [9.17, 15) is 13.6 Å². The van der Waals surface area contributed by atoms with Crippen molar-refractivity contribution in [1.29, 1.82) is 0 Å².